The maximum absolute atomic E-state index is 13.6. The first-order chi connectivity index (χ1) is 16.8. The van der Waals surface area contributed by atoms with Gasteiger partial charge in [-0.15, -0.1) is 0 Å². The number of alkyl halides is 3. The van der Waals surface area contributed by atoms with Crippen molar-refractivity contribution in [3.8, 4) is 11.5 Å². The van der Waals surface area contributed by atoms with Crippen LogP contribution in [-0.4, -0.2) is 30.1 Å². The van der Waals surface area contributed by atoms with Crippen LogP contribution >= 0.6 is 28.1 Å². The number of ether oxygens (including phenoxy) is 1. The number of hydrogen-bond donors (Lipinski definition) is 3. The summed E-state index contributed by atoms with van der Waals surface area (Å²) in [7, 11) is -2.78. The molecule has 36 heavy (non-hydrogen) atoms. The number of benzene rings is 3. The van der Waals surface area contributed by atoms with Crippen molar-refractivity contribution in [2.24, 2.45) is 5.73 Å². The first-order valence-corrected chi connectivity index (χ1v) is 12.8. The van der Waals surface area contributed by atoms with E-state index in [0.29, 0.717) is 21.3 Å². The highest BCUT2D eigenvalue weighted by atomic mass is 79.9. The third kappa shape index (κ3) is 6.66. The number of sulfonamides is 1. The van der Waals surface area contributed by atoms with Gasteiger partial charge in [-0.3, -0.25) is 0 Å². The molecule has 7 nitrogen and oxygen atoms in total. The van der Waals surface area contributed by atoms with Gasteiger partial charge in [-0.05, 0) is 71.9 Å². The van der Waals surface area contributed by atoms with Crippen molar-refractivity contribution in [2.75, 3.05) is 12.4 Å². The van der Waals surface area contributed by atoms with Crippen molar-refractivity contribution in [1.82, 2.24) is 4.31 Å². The van der Waals surface area contributed by atoms with E-state index in [9.17, 15) is 26.7 Å². The van der Waals surface area contributed by atoms with Crippen LogP contribution < -0.4 is 15.8 Å². The highest BCUT2D eigenvalue weighted by molar-refractivity contribution is 9.10. The van der Waals surface area contributed by atoms with Crippen LogP contribution in [0.2, 0.25) is 0 Å². The van der Waals surface area contributed by atoms with Crippen LogP contribution in [0.1, 0.15) is 16.7 Å². The maximum atomic E-state index is 13.6. The molecule has 192 valence electrons. The summed E-state index contributed by atoms with van der Waals surface area (Å²) >= 11 is 8.10. The minimum Gasteiger partial charge on any atom is -0.504 e. The molecule has 4 N–H and O–H groups in total. The fourth-order valence-electron chi connectivity index (χ4n) is 3.29. The van der Waals surface area contributed by atoms with Crippen molar-refractivity contribution < 1.29 is 31.4 Å². The lowest BCUT2D eigenvalue weighted by Crippen LogP contribution is -2.30. The summed E-state index contributed by atoms with van der Waals surface area (Å²) in [6, 6.07) is 12.8. The van der Waals surface area contributed by atoms with E-state index in [4.69, 9.17) is 22.7 Å². The van der Waals surface area contributed by atoms with Crippen LogP contribution in [0.15, 0.2) is 70.0 Å². The number of thiocarbonyl (C=S) groups is 1. The molecule has 0 spiro atoms. The molecule has 0 atom stereocenters. The highest BCUT2D eigenvalue weighted by Crippen LogP contribution is 2.35. The van der Waals surface area contributed by atoms with Gasteiger partial charge in [-0.1, -0.05) is 28.1 Å². The van der Waals surface area contributed by atoms with Crippen LogP contribution in [0, 0.1) is 0 Å². The normalized spacial score (nSPS) is 11.9. The first-order valence-electron chi connectivity index (χ1n) is 10.2. The van der Waals surface area contributed by atoms with Gasteiger partial charge in [0.15, 0.2) is 16.6 Å². The Morgan fingerprint density at radius 3 is 2.25 bits per heavy atom. The molecule has 3 aromatic rings. The number of rotatable bonds is 8. The maximum Gasteiger partial charge on any atom is 0.416 e. The number of hydrogen-bond acceptors (Lipinski definition) is 5. The van der Waals surface area contributed by atoms with E-state index >= 15 is 0 Å². The molecular weight excluding hydrogens is 583 g/mol. The van der Waals surface area contributed by atoms with Crippen molar-refractivity contribution in [3.63, 3.8) is 0 Å². The third-order valence-electron chi connectivity index (χ3n) is 5.09. The minimum absolute atomic E-state index is 0.0145. The molecule has 0 fully saturated rings. The molecule has 0 amide bonds. The predicted molar refractivity (Wildman–Crippen MR) is 137 cm³/mol. The van der Waals surface area contributed by atoms with Gasteiger partial charge in [0.1, 0.15) is 0 Å². The number of aromatic hydroxyl groups is 1. The number of nitrogens with zero attached hydrogens (tertiary/aromatic N) is 1. The Hall–Kier alpha value is -2.87. The van der Waals surface area contributed by atoms with Gasteiger partial charge in [-0.2, -0.15) is 17.5 Å². The van der Waals surface area contributed by atoms with Crippen molar-refractivity contribution in [3.05, 3.63) is 81.8 Å². The van der Waals surface area contributed by atoms with Crippen LogP contribution in [0.3, 0.4) is 0 Å². The number of phenolic OH excluding ortho intramolecular Hbond substituents is 1. The summed E-state index contributed by atoms with van der Waals surface area (Å²) < 4.78 is 72.8. The number of anilines is 1. The standard InChI is InChI=1S/C23H21BrF3N3O4S2/c1-34-21-10-15(19(24)11-20(21)31)13-30(12-14-2-4-16(5-3-14)23(25,26)27)36(32,33)18-8-6-17(7-9-18)29-22(28)35/h2-11,31H,12-13H2,1H3,(H3,28,29,35). The second-order valence-corrected chi connectivity index (χ2v) is 10.8. The average molecular weight is 604 g/mol. The predicted octanol–water partition coefficient (Wildman–Crippen LogP) is 5.23. The number of nitrogens with one attached hydrogen (secondary N) is 1. The van der Waals surface area contributed by atoms with Gasteiger partial charge in [0, 0.05) is 23.2 Å². The molecule has 0 heterocycles. The number of phenols is 1. The first kappa shape index (κ1) is 27.7. The average Bonchev–Trinajstić information content (AvgIpc) is 2.80. The van der Waals surface area contributed by atoms with E-state index in [1.54, 1.807) is 0 Å². The molecule has 0 saturated carbocycles. The zero-order valence-corrected chi connectivity index (χ0v) is 21.9. The summed E-state index contributed by atoms with van der Waals surface area (Å²) in [5.41, 5.74) is 5.90. The molecule has 13 heteroatoms. The lowest BCUT2D eigenvalue weighted by Gasteiger charge is -2.24. The Morgan fingerprint density at radius 2 is 1.72 bits per heavy atom. The summed E-state index contributed by atoms with van der Waals surface area (Å²) in [5.74, 6) is -0.0144. The van der Waals surface area contributed by atoms with E-state index in [1.807, 2.05) is 0 Å². The molecule has 0 aromatic heterocycles. The molecule has 0 aliphatic heterocycles. The van der Waals surface area contributed by atoms with Crippen molar-refractivity contribution in [1.29, 1.82) is 0 Å². The Bertz CT molecular complexity index is 1350. The molecule has 0 bridgehead atoms. The Balaban J connectivity index is 2.01. The van der Waals surface area contributed by atoms with Gasteiger partial charge >= 0.3 is 6.18 Å². The van der Waals surface area contributed by atoms with Crippen LogP contribution in [0.4, 0.5) is 18.9 Å². The quantitative estimate of drug-likeness (QED) is 0.303. The Kier molecular flexibility index (Phi) is 8.49. The van der Waals surface area contributed by atoms with E-state index in [2.05, 4.69) is 21.2 Å². The van der Waals surface area contributed by atoms with Crippen LogP contribution in [-0.2, 0) is 29.3 Å². The molecule has 0 saturated heterocycles. The molecule has 3 rings (SSSR count). The summed E-state index contributed by atoms with van der Waals surface area (Å²) in [6.45, 7) is -0.392. The Labute approximate surface area is 219 Å². The van der Waals surface area contributed by atoms with Crippen molar-refractivity contribution in [2.45, 2.75) is 24.2 Å². The Morgan fingerprint density at radius 1 is 1.11 bits per heavy atom. The third-order valence-corrected chi connectivity index (χ3v) is 7.74. The van der Waals surface area contributed by atoms with Gasteiger partial charge in [0.2, 0.25) is 10.0 Å². The molecule has 0 unspecified atom stereocenters. The monoisotopic (exact) mass is 603 g/mol. The lowest BCUT2D eigenvalue weighted by molar-refractivity contribution is -0.137. The van der Waals surface area contributed by atoms with E-state index in [0.717, 1.165) is 16.4 Å². The lowest BCUT2D eigenvalue weighted by atomic mass is 10.1. The topological polar surface area (TPSA) is 105 Å². The van der Waals surface area contributed by atoms with E-state index < -0.39 is 21.8 Å². The fourth-order valence-corrected chi connectivity index (χ4v) is 5.27. The zero-order chi connectivity index (χ0) is 26.7. The molecule has 0 radical (unpaired) electrons. The number of halogens is 4. The van der Waals surface area contributed by atoms with Gasteiger partial charge < -0.3 is 20.9 Å². The van der Waals surface area contributed by atoms with E-state index in [1.165, 1.54) is 55.6 Å². The second kappa shape index (κ2) is 11.0. The molecular formula is C23H21BrF3N3O4S2. The SMILES string of the molecule is COc1cc(CN(Cc2ccc(C(F)(F)F)cc2)S(=O)(=O)c2ccc(NC(N)=S)cc2)c(Br)cc1O. The second-order valence-electron chi connectivity index (χ2n) is 7.60. The summed E-state index contributed by atoms with van der Waals surface area (Å²) in [6.07, 6.45) is -4.51. The molecule has 0 aliphatic rings. The number of methoxy groups -OCH3 is 1. The van der Waals surface area contributed by atoms with Gasteiger partial charge in [-0.25, -0.2) is 8.42 Å². The van der Waals surface area contributed by atoms with Crippen LogP contribution in [0.25, 0.3) is 0 Å². The fraction of sp³-hybridized carbons (Fsp3) is 0.174. The van der Waals surface area contributed by atoms with Gasteiger partial charge in [0.25, 0.3) is 0 Å². The van der Waals surface area contributed by atoms with E-state index in [-0.39, 0.29) is 34.6 Å². The summed E-state index contributed by atoms with van der Waals surface area (Å²) in [5, 5.41) is 12.7. The smallest absolute Gasteiger partial charge is 0.416 e. The molecule has 3 aromatic carbocycles. The van der Waals surface area contributed by atoms with Crippen molar-refractivity contribution >= 4 is 49.0 Å². The zero-order valence-electron chi connectivity index (χ0n) is 18.7. The minimum atomic E-state index is -4.51. The highest BCUT2D eigenvalue weighted by Gasteiger charge is 2.31. The van der Waals surface area contributed by atoms with Crippen LogP contribution in [0.5, 0.6) is 11.5 Å². The largest absolute Gasteiger partial charge is 0.504 e. The number of nitrogens with two attached hydrogens (primary N) is 1. The van der Waals surface area contributed by atoms with Gasteiger partial charge in [0.05, 0.1) is 17.6 Å². The molecule has 0 aliphatic carbocycles. The summed E-state index contributed by atoms with van der Waals surface area (Å²) in [4.78, 5) is -0.0511.